The maximum Gasteiger partial charge on any atom is 0.289 e. The minimum absolute atomic E-state index is 0.183. The Morgan fingerprint density at radius 2 is 2.47 bits per heavy atom. The van der Waals surface area contributed by atoms with Crippen molar-refractivity contribution in [3.8, 4) is 0 Å². The minimum Gasteiger partial charge on any atom is -0.351 e. The molecule has 0 bridgehead atoms. The number of carbonyl (C=O) groups is 1. The number of amides is 1. The third-order valence-corrected chi connectivity index (χ3v) is 3.72. The summed E-state index contributed by atoms with van der Waals surface area (Å²) in [5.74, 6) is 0.859. The number of likely N-dealkylation sites (tertiary alicyclic amines) is 1. The first-order valence-corrected chi connectivity index (χ1v) is 7.02. The highest BCUT2D eigenvalue weighted by Gasteiger charge is 2.21. The molecule has 1 N–H and O–H groups in total. The Labute approximate surface area is 114 Å². The molecular formula is C14H23N3O2. The lowest BCUT2D eigenvalue weighted by Gasteiger charge is -2.35. The number of nitrogens with zero attached hydrogens (tertiary/aromatic N) is 2. The van der Waals surface area contributed by atoms with Crippen LogP contribution in [0.3, 0.4) is 0 Å². The van der Waals surface area contributed by atoms with Crippen molar-refractivity contribution >= 4 is 5.91 Å². The first-order chi connectivity index (χ1) is 9.06. The van der Waals surface area contributed by atoms with Gasteiger partial charge in [-0.3, -0.25) is 9.69 Å². The van der Waals surface area contributed by atoms with E-state index in [1.165, 1.54) is 12.8 Å². The van der Waals surface area contributed by atoms with Crippen LogP contribution in [0.2, 0.25) is 0 Å². The monoisotopic (exact) mass is 265 g/mol. The second kappa shape index (κ2) is 6.19. The second-order valence-electron chi connectivity index (χ2n) is 5.63. The summed E-state index contributed by atoms with van der Waals surface area (Å²) in [5.41, 5.74) is 0.725. The standard InChI is InChI=1S/C14H23N3O2/c1-10-5-4-6-17(9-10)12(3)8-15-14(18)13-7-11(2)16-19-13/h7,10,12H,4-6,8-9H2,1-3H3,(H,15,18)/t10-,12+/m1/s1. The first-order valence-electron chi connectivity index (χ1n) is 7.02. The summed E-state index contributed by atoms with van der Waals surface area (Å²) in [6.07, 6.45) is 2.56. The molecule has 106 valence electrons. The molecule has 0 radical (unpaired) electrons. The lowest BCUT2D eigenvalue weighted by Crippen LogP contribution is -2.46. The van der Waals surface area contributed by atoms with E-state index < -0.39 is 0 Å². The normalized spacial score (nSPS) is 22.2. The predicted molar refractivity (Wildman–Crippen MR) is 73.0 cm³/mol. The van der Waals surface area contributed by atoms with Gasteiger partial charge in [-0.05, 0) is 39.2 Å². The van der Waals surface area contributed by atoms with Crippen LogP contribution >= 0.6 is 0 Å². The van der Waals surface area contributed by atoms with Crippen molar-refractivity contribution in [2.24, 2.45) is 5.92 Å². The quantitative estimate of drug-likeness (QED) is 0.902. The van der Waals surface area contributed by atoms with Crippen molar-refractivity contribution < 1.29 is 9.32 Å². The van der Waals surface area contributed by atoms with E-state index in [0.29, 0.717) is 12.6 Å². The van der Waals surface area contributed by atoms with Crippen LogP contribution in [0.4, 0.5) is 0 Å². The van der Waals surface area contributed by atoms with Crippen LogP contribution in [0.15, 0.2) is 10.6 Å². The van der Waals surface area contributed by atoms with Crippen molar-refractivity contribution in [1.82, 2.24) is 15.4 Å². The Bertz CT molecular complexity index is 430. The number of piperidine rings is 1. The fraction of sp³-hybridized carbons (Fsp3) is 0.714. The van der Waals surface area contributed by atoms with Crippen LogP contribution < -0.4 is 5.32 Å². The number of aromatic nitrogens is 1. The highest BCUT2D eigenvalue weighted by molar-refractivity contribution is 5.91. The van der Waals surface area contributed by atoms with Gasteiger partial charge in [-0.2, -0.15) is 0 Å². The van der Waals surface area contributed by atoms with E-state index in [4.69, 9.17) is 4.52 Å². The molecule has 1 aromatic rings. The fourth-order valence-corrected chi connectivity index (χ4v) is 2.55. The van der Waals surface area contributed by atoms with Gasteiger partial charge in [0.2, 0.25) is 5.76 Å². The lowest BCUT2D eigenvalue weighted by molar-refractivity contribution is 0.0882. The van der Waals surface area contributed by atoms with Gasteiger partial charge in [-0.15, -0.1) is 0 Å². The van der Waals surface area contributed by atoms with Crippen LogP contribution in [0.1, 0.15) is 42.9 Å². The van der Waals surface area contributed by atoms with Crippen LogP contribution in [-0.2, 0) is 0 Å². The molecule has 1 aromatic heterocycles. The number of hydrogen-bond donors (Lipinski definition) is 1. The molecule has 5 heteroatoms. The van der Waals surface area contributed by atoms with Crippen LogP contribution in [0.25, 0.3) is 0 Å². The molecular weight excluding hydrogens is 242 g/mol. The topological polar surface area (TPSA) is 58.4 Å². The third-order valence-electron chi connectivity index (χ3n) is 3.72. The van der Waals surface area contributed by atoms with E-state index in [-0.39, 0.29) is 11.7 Å². The first kappa shape index (κ1) is 14.1. The molecule has 1 aliphatic heterocycles. The smallest absolute Gasteiger partial charge is 0.289 e. The molecule has 0 aliphatic carbocycles. The summed E-state index contributed by atoms with van der Waals surface area (Å²) in [6.45, 7) is 9.14. The molecule has 1 amide bonds. The molecule has 0 spiro atoms. The molecule has 1 fully saturated rings. The van der Waals surface area contributed by atoms with E-state index in [9.17, 15) is 4.79 Å². The Balaban J connectivity index is 1.79. The Morgan fingerprint density at radius 1 is 1.68 bits per heavy atom. The van der Waals surface area contributed by atoms with E-state index in [2.05, 4.69) is 29.2 Å². The van der Waals surface area contributed by atoms with E-state index in [0.717, 1.165) is 24.7 Å². The number of nitrogens with one attached hydrogen (secondary N) is 1. The average molecular weight is 265 g/mol. The SMILES string of the molecule is Cc1cc(C(=O)NC[C@H](C)N2CCC[C@@H](C)C2)on1. The van der Waals surface area contributed by atoms with Gasteiger partial charge in [0.25, 0.3) is 5.91 Å². The molecule has 0 aromatic carbocycles. The van der Waals surface area contributed by atoms with Gasteiger partial charge in [0.1, 0.15) is 0 Å². The molecule has 0 saturated carbocycles. The van der Waals surface area contributed by atoms with Gasteiger partial charge in [0, 0.05) is 25.2 Å². The van der Waals surface area contributed by atoms with E-state index in [1.54, 1.807) is 13.0 Å². The fourth-order valence-electron chi connectivity index (χ4n) is 2.55. The van der Waals surface area contributed by atoms with Crippen molar-refractivity contribution in [1.29, 1.82) is 0 Å². The minimum atomic E-state index is -0.183. The maximum absolute atomic E-state index is 11.8. The maximum atomic E-state index is 11.8. The summed E-state index contributed by atoms with van der Waals surface area (Å²) >= 11 is 0. The van der Waals surface area contributed by atoms with Crippen molar-refractivity contribution in [2.75, 3.05) is 19.6 Å². The largest absolute Gasteiger partial charge is 0.351 e. The van der Waals surface area contributed by atoms with Gasteiger partial charge in [0.05, 0.1) is 5.69 Å². The lowest BCUT2D eigenvalue weighted by atomic mass is 9.99. The predicted octanol–water partition coefficient (Wildman–Crippen LogP) is 1.83. The summed E-state index contributed by atoms with van der Waals surface area (Å²) in [4.78, 5) is 14.3. The van der Waals surface area contributed by atoms with E-state index in [1.807, 2.05) is 0 Å². The van der Waals surface area contributed by atoms with Gasteiger partial charge in [0.15, 0.2) is 0 Å². The Kier molecular flexibility index (Phi) is 4.58. The van der Waals surface area contributed by atoms with Crippen LogP contribution in [0, 0.1) is 12.8 Å². The third kappa shape index (κ3) is 3.80. The molecule has 0 unspecified atom stereocenters. The summed E-state index contributed by atoms with van der Waals surface area (Å²) in [7, 11) is 0. The molecule has 2 heterocycles. The number of carbonyl (C=O) groups excluding carboxylic acids is 1. The molecule has 2 rings (SSSR count). The zero-order valence-corrected chi connectivity index (χ0v) is 12.0. The number of hydrogen-bond acceptors (Lipinski definition) is 4. The van der Waals surface area contributed by atoms with Gasteiger partial charge in [-0.1, -0.05) is 12.1 Å². The molecule has 19 heavy (non-hydrogen) atoms. The highest BCUT2D eigenvalue weighted by atomic mass is 16.5. The number of rotatable bonds is 4. The summed E-state index contributed by atoms with van der Waals surface area (Å²) in [5, 5.41) is 6.63. The van der Waals surface area contributed by atoms with Crippen LogP contribution in [0.5, 0.6) is 0 Å². The molecule has 5 nitrogen and oxygen atoms in total. The second-order valence-corrected chi connectivity index (χ2v) is 5.63. The Hall–Kier alpha value is -1.36. The van der Waals surface area contributed by atoms with Gasteiger partial charge in [-0.25, -0.2) is 0 Å². The molecule has 1 aliphatic rings. The van der Waals surface area contributed by atoms with Gasteiger partial charge < -0.3 is 9.84 Å². The average Bonchev–Trinajstić information content (AvgIpc) is 2.82. The van der Waals surface area contributed by atoms with Crippen molar-refractivity contribution in [3.05, 3.63) is 17.5 Å². The number of aryl methyl sites for hydroxylation is 1. The molecule has 1 saturated heterocycles. The zero-order valence-electron chi connectivity index (χ0n) is 12.0. The summed E-state index contributed by atoms with van der Waals surface area (Å²) in [6, 6.07) is 2.01. The van der Waals surface area contributed by atoms with E-state index >= 15 is 0 Å². The Morgan fingerprint density at radius 3 is 3.11 bits per heavy atom. The zero-order chi connectivity index (χ0) is 13.8. The van der Waals surface area contributed by atoms with Crippen LogP contribution in [-0.4, -0.2) is 41.6 Å². The van der Waals surface area contributed by atoms with Crippen molar-refractivity contribution in [3.63, 3.8) is 0 Å². The molecule has 2 atom stereocenters. The van der Waals surface area contributed by atoms with Crippen molar-refractivity contribution in [2.45, 2.75) is 39.7 Å². The highest BCUT2D eigenvalue weighted by Crippen LogP contribution is 2.17. The summed E-state index contributed by atoms with van der Waals surface area (Å²) < 4.78 is 4.95. The van der Waals surface area contributed by atoms with Gasteiger partial charge >= 0.3 is 0 Å².